The maximum absolute atomic E-state index is 10.7. The molecular weight excluding hydrogens is 314 g/mol. The summed E-state index contributed by atoms with van der Waals surface area (Å²) in [5.41, 5.74) is 1.29. The molecule has 0 aliphatic carbocycles. The third kappa shape index (κ3) is 3.65. The number of thiazole rings is 1. The molecule has 5 nitrogen and oxygen atoms in total. The molecule has 2 aromatic rings. The zero-order valence-electron chi connectivity index (χ0n) is 11.6. The van der Waals surface area contributed by atoms with Crippen LogP contribution in [0.4, 0.5) is 0 Å². The van der Waals surface area contributed by atoms with Gasteiger partial charge < -0.3 is 14.6 Å². The van der Waals surface area contributed by atoms with Gasteiger partial charge in [0.2, 0.25) is 0 Å². The largest absolute Gasteiger partial charge is 0.493 e. The van der Waals surface area contributed by atoms with Crippen LogP contribution in [0.3, 0.4) is 0 Å². The molecule has 0 saturated heterocycles. The fourth-order valence-electron chi connectivity index (χ4n) is 1.80. The van der Waals surface area contributed by atoms with Gasteiger partial charge in [0.25, 0.3) is 0 Å². The summed E-state index contributed by atoms with van der Waals surface area (Å²) in [6, 6.07) is 3.51. The smallest absolute Gasteiger partial charge is 0.309 e. The molecule has 21 heavy (non-hydrogen) atoms. The molecule has 0 radical (unpaired) electrons. The van der Waals surface area contributed by atoms with E-state index in [1.54, 1.807) is 17.5 Å². The molecule has 0 aliphatic heterocycles. The van der Waals surface area contributed by atoms with Crippen LogP contribution >= 0.6 is 22.9 Å². The molecule has 1 aromatic carbocycles. The number of carboxylic acid groups (broad SMARTS) is 1. The Morgan fingerprint density at radius 3 is 2.86 bits per heavy atom. The minimum Gasteiger partial charge on any atom is -0.493 e. The van der Waals surface area contributed by atoms with E-state index in [0.717, 1.165) is 5.56 Å². The molecule has 0 amide bonds. The van der Waals surface area contributed by atoms with E-state index in [9.17, 15) is 4.79 Å². The Morgan fingerprint density at radius 1 is 1.48 bits per heavy atom. The fourth-order valence-corrected chi connectivity index (χ4v) is 2.88. The van der Waals surface area contributed by atoms with E-state index in [1.165, 1.54) is 18.4 Å². The lowest BCUT2D eigenvalue weighted by atomic mass is 10.2. The lowest BCUT2D eigenvalue weighted by Gasteiger charge is -2.12. The summed E-state index contributed by atoms with van der Waals surface area (Å²) in [5, 5.41) is 11.6. The zero-order chi connectivity index (χ0) is 15.4. The number of benzene rings is 1. The van der Waals surface area contributed by atoms with Gasteiger partial charge in [-0.05, 0) is 19.1 Å². The Hall–Kier alpha value is -1.79. The molecule has 0 fully saturated rings. The second-order valence-corrected chi connectivity index (χ2v) is 5.40. The average Bonchev–Trinajstić information content (AvgIpc) is 2.88. The number of halogens is 1. The summed E-state index contributed by atoms with van der Waals surface area (Å²) in [5.74, 6) is 0.108. The molecule has 0 bridgehead atoms. The number of aromatic nitrogens is 1. The summed E-state index contributed by atoms with van der Waals surface area (Å²) in [4.78, 5) is 15.0. The van der Waals surface area contributed by atoms with Crippen LogP contribution in [0.25, 0.3) is 10.6 Å². The number of rotatable bonds is 6. The molecule has 112 valence electrons. The van der Waals surface area contributed by atoms with Gasteiger partial charge in [0.1, 0.15) is 5.01 Å². The first kappa shape index (κ1) is 15.6. The van der Waals surface area contributed by atoms with E-state index in [0.29, 0.717) is 33.8 Å². The van der Waals surface area contributed by atoms with Gasteiger partial charge in [-0.15, -0.1) is 11.3 Å². The van der Waals surface area contributed by atoms with Gasteiger partial charge in [0.05, 0.1) is 30.9 Å². The maximum atomic E-state index is 10.7. The summed E-state index contributed by atoms with van der Waals surface area (Å²) < 4.78 is 10.7. The third-order valence-corrected chi connectivity index (χ3v) is 3.87. The van der Waals surface area contributed by atoms with E-state index < -0.39 is 5.97 Å². The predicted octanol–water partition coefficient (Wildman–Crippen LogP) is 3.50. The topological polar surface area (TPSA) is 68.7 Å². The van der Waals surface area contributed by atoms with Crippen LogP contribution in [0.1, 0.15) is 12.6 Å². The zero-order valence-corrected chi connectivity index (χ0v) is 13.1. The maximum Gasteiger partial charge on any atom is 0.309 e. The number of carbonyl (C=O) groups is 1. The van der Waals surface area contributed by atoms with Gasteiger partial charge in [-0.1, -0.05) is 11.6 Å². The first-order chi connectivity index (χ1) is 10.0. The lowest BCUT2D eigenvalue weighted by molar-refractivity contribution is -0.136. The predicted molar refractivity (Wildman–Crippen MR) is 81.6 cm³/mol. The van der Waals surface area contributed by atoms with Crippen molar-refractivity contribution in [1.29, 1.82) is 0 Å². The Balaban J connectivity index is 2.38. The molecule has 0 atom stereocenters. The van der Waals surface area contributed by atoms with Crippen LogP contribution in [-0.2, 0) is 11.2 Å². The van der Waals surface area contributed by atoms with Gasteiger partial charge in [0, 0.05) is 10.9 Å². The third-order valence-electron chi connectivity index (χ3n) is 2.65. The summed E-state index contributed by atoms with van der Waals surface area (Å²) in [6.07, 6.45) is -0.0988. The quantitative estimate of drug-likeness (QED) is 0.879. The molecule has 0 saturated carbocycles. The van der Waals surface area contributed by atoms with Crippen molar-refractivity contribution in [2.24, 2.45) is 0 Å². The van der Waals surface area contributed by atoms with Gasteiger partial charge in [-0.25, -0.2) is 4.98 Å². The van der Waals surface area contributed by atoms with Crippen LogP contribution < -0.4 is 9.47 Å². The summed E-state index contributed by atoms with van der Waals surface area (Å²) in [7, 11) is 1.54. The number of ether oxygens (including phenoxy) is 2. The minimum absolute atomic E-state index is 0.0988. The van der Waals surface area contributed by atoms with Crippen molar-refractivity contribution in [3.05, 3.63) is 28.2 Å². The van der Waals surface area contributed by atoms with E-state index in [2.05, 4.69) is 4.98 Å². The van der Waals surface area contributed by atoms with Crippen LogP contribution in [0.2, 0.25) is 5.02 Å². The van der Waals surface area contributed by atoms with E-state index in [-0.39, 0.29) is 6.42 Å². The monoisotopic (exact) mass is 327 g/mol. The molecular formula is C14H14ClNO4S. The van der Waals surface area contributed by atoms with Crippen molar-refractivity contribution in [2.75, 3.05) is 13.7 Å². The fraction of sp³-hybridized carbons (Fsp3) is 0.286. The van der Waals surface area contributed by atoms with Crippen molar-refractivity contribution < 1.29 is 19.4 Å². The normalized spacial score (nSPS) is 10.4. The van der Waals surface area contributed by atoms with E-state index in [4.69, 9.17) is 26.2 Å². The van der Waals surface area contributed by atoms with Gasteiger partial charge >= 0.3 is 5.97 Å². The molecule has 1 aromatic heterocycles. The van der Waals surface area contributed by atoms with Gasteiger partial charge in [-0.2, -0.15) is 0 Å². The number of methoxy groups -OCH3 is 1. The first-order valence-electron chi connectivity index (χ1n) is 6.22. The number of nitrogens with zero attached hydrogens (tertiary/aromatic N) is 1. The Labute approximate surface area is 131 Å². The van der Waals surface area contributed by atoms with Crippen molar-refractivity contribution in [3.63, 3.8) is 0 Å². The van der Waals surface area contributed by atoms with Crippen LogP contribution in [-0.4, -0.2) is 29.8 Å². The lowest BCUT2D eigenvalue weighted by Crippen LogP contribution is -2.00. The molecule has 1 heterocycles. The number of hydrogen-bond donors (Lipinski definition) is 1. The first-order valence-corrected chi connectivity index (χ1v) is 7.47. The molecule has 7 heteroatoms. The highest BCUT2D eigenvalue weighted by atomic mass is 35.5. The number of hydrogen-bond acceptors (Lipinski definition) is 5. The van der Waals surface area contributed by atoms with E-state index in [1.807, 2.05) is 6.92 Å². The molecule has 0 unspecified atom stereocenters. The van der Waals surface area contributed by atoms with Gasteiger partial charge in [0.15, 0.2) is 11.5 Å². The SMILES string of the molecule is CCOc1c(Cl)cc(-c2nc(CC(=O)O)cs2)cc1OC. The van der Waals surface area contributed by atoms with Crippen LogP contribution in [0, 0.1) is 0 Å². The second kappa shape index (κ2) is 6.78. The highest BCUT2D eigenvalue weighted by molar-refractivity contribution is 7.13. The molecule has 0 spiro atoms. The van der Waals surface area contributed by atoms with Crippen LogP contribution in [0.5, 0.6) is 11.5 Å². The average molecular weight is 328 g/mol. The van der Waals surface area contributed by atoms with Crippen molar-refractivity contribution in [3.8, 4) is 22.1 Å². The minimum atomic E-state index is -0.908. The van der Waals surface area contributed by atoms with Gasteiger partial charge in [-0.3, -0.25) is 4.79 Å². The summed E-state index contributed by atoms with van der Waals surface area (Å²) >= 11 is 7.57. The standard InChI is InChI=1S/C14H14ClNO4S/c1-3-20-13-10(15)4-8(5-11(13)19-2)14-16-9(7-21-14)6-12(17)18/h4-5,7H,3,6H2,1-2H3,(H,17,18). The summed E-state index contributed by atoms with van der Waals surface area (Å²) in [6.45, 7) is 2.35. The number of carboxylic acids is 1. The Bertz CT molecular complexity index is 656. The Morgan fingerprint density at radius 2 is 2.24 bits per heavy atom. The Kier molecular flexibility index (Phi) is 5.03. The highest BCUT2D eigenvalue weighted by Gasteiger charge is 2.15. The van der Waals surface area contributed by atoms with Crippen molar-refractivity contribution in [1.82, 2.24) is 4.98 Å². The molecule has 0 aliphatic rings. The highest BCUT2D eigenvalue weighted by Crippen LogP contribution is 2.40. The van der Waals surface area contributed by atoms with Crippen molar-refractivity contribution >= 4 is 28.9 Å². The second-order valence-electron chi connectivity index (χ2n) is 4.14. The molecule has 1 N–H and O–H groups in total. The van der Waals surface area contributed by atoms with E-state index >= 15 is 0 Å². The molecule has 2 rings (SSSR count). The number of aliphatic carboxylic acids is 1. The van der Waals surface area contributed by atoms with Crippen LogP contribution in [0.15, 0.2) is 17.5 Å². The van der Waals surface area contributed by atoms with Crippen molar-refractivity contribution in [2.45, 2.75) is 13.3 Å².